The standard InChI is InChI=1S/C12H13BN2O2/c1-9-5-6-12(14-8-9)15-11-4-2-3-10(7-11)13(16)17/h2-8,16-17H,1H3,(H,14,15). The highest BCUT2D eigenvalue weighted by molar-refractivity contribution is 6.58. The van der Waals surface area contributed by atoms with Crippen LogP contribution in [0.15, 0.2) is 42.6 Å². The highest BCUT2D eigenvalue weighted by Gasteiger charge is 2.10. The molecule has 0 saturated heterocycles. The van der Waals surface area contributed by atoms with Crippen LogP contribution in [0.25, 0.3) is 0 Å². The molecule has 0 aliphatic rings. The van der Waals surface area contributed by atoms with Gasteiger partial charge in [0, 0.05) is 11.9 Å². The van der Waals surface area contributed by atoms with Crippen LogP contribution in [-0.2, 0) is 0 Å². The van der Waals surface area contributed by atoms with Gasteiger partial charge < -0.3 is 15.4 Å². The number of rotatable bonds is 3. The van der Waals surface area contributed by atoms with E-state index in [-0.39, 0.29) is 0 Å². The molecule has 0 spiro atoms. The summed E-state index contributed by atoms with van der Waals surface area (Å²) in [5.41, 5.74) is 2.31. The lowest BCUT2D eigenvalue weighted by atomic mass is 9.80. The van der Waals surface area contributed by atoms with Gasteiger partial charge in [0.05, 0.1) is 0 Å². The molecule has 0 bridgehead atoms. The molecule has 17 heavy (non-hydrogen) atoms. The molecule has 2 aromatic rings. The number of nitrogens with one attached hydrogen (secondary N) is 1. The van der Waals surface area contributed by atoms with Gasteiger partial charge >= 0.3 is 7.12 Å². The van der Waals surface area contributed by atoms with Crippen LogP contribution in [-0.4, -0.2) is 22.2 Å². The maximum atomic E-state index is 9.06. The third-order valence-corrected chi connectivity index (χ3v) is 2.37. The van der Waals surface area contributed by atoms with E-state index in [1.54, 1.807) is 24.4 Å². The van der Waals surface area contributed by atoms with Crippen LogP contribution in [0.5, 0.6) is 0 Å². The second-order valence-electron chi connectivity index (χ2n) is 3.84. The fraction of sp³-hybridized carbons (Fsp3) is 0.0833. The summed E-state index contributed by atoms with van der Waals surface area (Å²) in [5, 5.41) is 21.2. The van der Waals surface area contributed by atoms with Crippen molar-refractivity contribution in [3.05, 3.63) is 48.2 Å². The molecule has 1 aromatic carbocycles. The molecule has 0 amide bonds. The summed E-state index contributed by atoms with van der Waals surface area (Å²) in [7, 11) is -1.46. The van der Waals surface area contributed by atoms with Gasteiger partial charge in [0.25, 0.3) is 0 Å². The Hall–Kier alpha value is -1.85. The molecule has 5 heteroatoms. The van der Waals surface area contributed by atoms with E-state index in [4.69, 9.17) is 10.0 Å². The van der Waals surface area contributed by atoms with Crippen LogP contribution < -0.4 is 10.8 Å². The third-order valence-electron chi connectivity index (χ3n) is 2.37. The number of pyridine rings is 1. The largest absolute Gasteiger partial charge is 0.488 e. The van der Waals surface area contributed by atoms with Crippen LogP contribution in [0.2, 0.25) is 0 Å². The van der Waals surface area contributed by atoms with E-state index in [0.29, 0.717) is 5.46 Å². The zero-order valence-electron chi connectivity index (χ0n) is 9.46. The van der Waals surface area contributed by atoms with Gasteiger partial charge in [0.15, 0.2) is 0 Å². The first-order valence-electron chi connectivity index (χ1n) is 5.31. The lowest BCUT2D eigenvalue weighted by Gasteiger charge is -2.07. The van der Waals surface area contributed by atoms with Gasteiger partial charge in [-0.05, 0) is 36.1 Å². The lowest BCUT2D eigenvalue weighted by Crippen LogP contribution is -2.29. The Kier molecular flexibility index (Phi) is 3.42. The van der Waals surface area contributed by atoms with Gasteiger partial charge in [-0.15, -0.1) is 0 Å². The molecule has 0 unspecified atom stereocenters. The number of hydrogen-bond acceptors (Lipinski definition) is 4. The molecule has 4 nitrogen and oxygen atoms in total. The minimum atomic E-state index is -1.46. The summed E-state index contributed by atoms with van der Waals surface area (Å²) in [6, 6.07) is 10.8. The molecule has 0 aliphatic heterocycles. The molecule has 0 saturated carbocycles. The normalized spacial score (nSPS) is 10.1. The van der Waals surface area contributed by atoms with Crippen molar-refractivity contribution in [3.63, 3.8) is 0 Å². The predicted molar refractivity (Wildman–Crippen MR) is 68.5 cm³/mol. The highest BCUT2D eigenvalue weighted by atomic mass is 16.4. The van der Waals surface area contributed by atoms with Crippen molar-refractivity contribution in [2.45, 2.75) is 6.92 Å². The summed E-state index contributed by atoms with van der Waals surface area (Å²) in [6.45, 7) is 1.97. The number of benzene rings is 1. The van der Waals surface area contributed by atoms with Crippen LogP contribution >= 0.6 is 0 Å². The second kappa shape index (κ2) is 4.99. The Morgan fingerprint density at radius 1 is 1.18 bits per heavy atom. The number of nitrogens with zero attached hydrogens (tertiary/aromatic N) is 1. The molecule has 1 aromatic heterocycles. The molecule has 3 N–H and O–H groups in total. The van der Waals surface area contributed by atoms with Crippen molar-refractivity contribution in [1.82, 2.24) is 4.98 Å². The van der Waals surface area contributed by atoms with Gasteiger partial charge in [-0.1, -0.05) is 18.2 Å². The Balaban J connectivity index is 2.18. The second-order valence-corrected chi connectivity index (χ2v) is 3.84. The van der Waals surface area contributed by atoms with Crippen molar-refractivity contribution in [1.29, 1.82) is 0 Å². The van der Waals surface area contributed by atoms with Crippen molar-refractivity contribution in [2.24, 2.45) is 0 Å². The molecular formula is C12H13BN2O2. The van der Waals surface area contributed by atoms with Gasteiger partial charge in [-0.25, -0.2) is 4.98 Å². The number of aromatic nitrogens is 1. The maximum Gasteiger partial charge on any atom is 0.488 e. The van der Waals surface area contributed by atoms with Gasteiger partial charge in [-0.2, -0.15) is 0 Å². The van der Waals surface area contributed by atoms with E-state index in [2.05, 4.69) is 10.3 Å². The minimum Gasteiger partial charge on any atom is -0.423 e. The van der Waals surface area contributed by atoms with E-state index < -0.39 is 7.12 Å². The van der Waals surface area contributed by atoms with E-state index in [0.717, 1.165) is 17.1 Å². The summed E-state index contributed by atoms with van der Waals surface area (Å²) in [5.74, 6) is 0.722. The van der Waals surface area contributed by atoms with Crippen LogP contribution in [0.3, 0.4) is 0 Å². The maximum absolute atomic E-state index is 9.06. The minimum absolute atomic E-state index is 0.446. The molecule has 1 heterocycles. The Morgan fingerprint density at radius 3 is 2.65 bits per heavy atom. The first-order chi connectivity index (χ1) is 8.15. The van der Waals surface area contributed by atoms with E-state index in [1.807, 2.05) is 25.1 Å². The smallest absolute Gasteiger partial charge is 0.423 e. The zero-order valence-corrected chi connectivity index (χ0v) is 9.46. The van der Waals surface area contributed by atoms with Gasteiger partial charge in [-0.3, -0.25) is 0 Å². The summed E-state index contributed by atoms with van der Waals surface area (Å²) in [6.07, 6.45) is 1.77. The fourth-order valence-electron chi connectivity index (χ4n) is 1.47. The average Bonchev–Trinajstić information content (AvgIpc) is 2.32. The molecular weight excluding hydrogens is 215 g/mol. The predicted octanol–water partition coefficient (Wildman–Crippen LogP) is 0.813. The first-order valence-corrected chi connectivity index (χ1v) is 5.31. The topological polar surface area (TPSA) is 65.4 Å². The molecule has 0 radical (unpaired) electrons. The molecule has 0 atom stereocenters. The number of hydrogen-bond donors (Lipinski definition) is 3. The molecule has 86 valence electrons. The summed E-state index contributed by atoms with van der Waals surface area (Å²) < 4.78 is 0. The summed E-state index contributed by atoms with van der Waals surface area (Å²) in [4.78, 5) is 4.21. The quantitative estimate of drug-likeness (QED) is 0.680. The Labute approximate surface area is 100 Å². The molecule has 0 fully saturated rings. The van der Waals surface area contributed by atoms with Crippen molar-refractivity contribution < 1.29 is 10.0 Å². The fourth-order valence-corrected chi connectivity index (χ4v) is 1.47. The van der Waals surface area contributed by atoms with Crippen molar-refractivity contribution >= 4 is 24.1 Å². The highest BCUT2D eigenvalue weighted by Crippen LogP contribution is 2.12. The summed E-state index contributed by atoms with van der Waals surface area (Å²) >= 11 is 0. The molecule has 0 aliphatic carbocycles. The average molecular weight is 228 g/mol. The van der Waals surface area contributed by atoms with E-state index >= 15 is 0 Å². The lowest BCUT2D eigenvalue weighted by molar-refractivity contribution is 0.426. The Bertz CT molecular complexity index is 500. The monoisotopic (exact) mass is 228 g/mol. The SMILES string of the molecule is Cc1ccc(Nc2cccc(B(O)O)c2)nc1. The van der Waals surface area contributed by atoms with Crippen LogP contribution in [0.1, 0.15) is 5.56 Å². The van der Waals surface area contributed by atoms with Crippen LogP contribution in [0.4, 0.5) is 11.5 Å². The van der Waals surface area contributed by atoms with Crippen molar-refractivity contribution in [2.75, 3.05) is 5.32 Å². The molecule has 2 rings (SSSR count). The van der Waals surface area contributed by atoms with Crippen molar-refractivity contribution in [3.8, 4) is 0 Å². The first kappa shape index (κ1) is 11.6. The Morgan fingerprint density at radius 2 is 2.00 bits per heavy atom. The zero-order chi connectivity index (χ0) is 12.3. The third kappa shape index (κ3) is 3.06. The number of aryl methyl sites for hydroxylation is 1. The van der Waals surface area contributed by atoms with E-state index in [1.165, 1.54) is 0 Å². The van der Waals surface area contributed by atoms with Gasteiger partial charge in [0.2, 0.25) is 0 Å². The van der Waals surface area contributed by atoms with E-state index in [9.17, 15) is 0 Å². The number of anilines is 2. The van der Waals surface area contributed by atoms with Crippen LogP contribution in [0, 0.1) is 6.92 Å². The van der Waals surface area contributed by atoms with Gasteiger partial charge in [0.1, 0.15) is 5.82 Å².